The van der Waals surface area contributed by atoms with Crippen LogP contribution in [-0.2, 0) is 53.3 Å². The van der Waals surface area contributed by atoms with Crippen molar-refractivity contribution in [1.29, 1.82) is 0 Å². The average Bonchev–Trinajstić information content (AvgIpc) is 3.21. The summed E-state index contributed by atoms with van der Waals surface area (Å²) in [6.45, 7) is 0. The molecule has 1 heterocycles. The zero-order valence-electron chi connectivity index (χ0n) is 31.9. The Balaban J connectivity index is 1.19. The van der Waals surface area contributed by atoms with Crippen LogP contribution in [0.1, 0.15) is 22.8 Å². The summed E-state index contributed by atoms with van der Waals surface area (Å²) < 4.78 is 136. The van der Waals surface area contributed by atoms with Crippen molar-refractivity contribution >= 4 is 85.6 Å². The fraction of sp³-hybridized carbons (Fsp3) is 0.0513. The summed E-state index contributed by atoms with van der Waals surface area (Å²) in [6, 6.07) is 29.8. The van der Waals surface area contributed by atoms with E-state index in [2.05, 4.69) is 40.7 Å². The minimum absolute atomic E-state index is 0.0292. The second kappa shape index (κ2) is 17.5. The molecule has 0 atom stereocenters. The molecule has 0 unspecified atom stereocenters. The predicted octanol–water partition coefficient (Wildman–Crippen LogP) is 7.77. The first kappa shape index (κ1) is 44.3. The molecule has 0 spiro atoms. The van der Waals surface area contributed by atoms with Gasteiger partial charge in [0.25, 0.3) is 40.5 Å². The molecule has 7 aromatic rings. The minimum Gasteiger partial charge on any atom is -0.324 e. The quantitative estimate of drug-likeness (QED) is 0.0513. The van der Waals surface area contributed by atoms with Crippen LogP contribution in [0.3, 0.4) is 0 Å². The van der Waals surface area contributed by atoms with Crippen molar-refractivity contribution in [1.82, 2.24) is 15.0 Å². The van der Waals surface area contributed by atoms with Gasteiger partial charge in [0, 0.05) is 29.3 Å². The number of aromatic nitrogens is 3. The Morgan fingerprint density at radius 1 is 0.444 bits per heavy atom. The molecule has 0 aliphatic heterocycles. The normalized spacial score (nSPS) is 12.6. The summed E-state index contributed by atoms with van der Waals surface area (Å²) in [5, 5.41) is 18.8. The van der Waals surface area contributed by atoms with E-state index in [-0.39, 0.29) is 68.7 Å². The van der Waals surface area contributed by atoms with Gasteiger partial charge in [-0.1, -0.05) is 48.5 Å². The standard InChI is InChI=1S/C39H30N8O12S4/c48-60(49,50)31-17-15-26(16-18-31)40-39-42-37(41-38(43-39)20-25-11-14-29(22-35(25)62(54,55)56)46-44-27-5-2-1-3-6-27)19-24-9-12-28(13-10-24)45-47-30-21-33-32(36(23-30)63(57,58)59)7-4-8-34(33)61(51,52)53/h1-18,21-23H,19-20H2,(H,48,49,50)(H,51,52,53)(H,54,55,56)(H,57,58,59)(H,40,41,42,43). The van der Waals surface area contributed by atoms with E-state index >= 15 is 0 Å². The predicted molar refractivity (Wildman–Crippen MR) is 226 cm³/mol. The molecular formula is C39H30N8O12S4. The molecule has 0 bridgehead atoms. The van der Waals surface area contributed by atoms with Crippen LogP contribution in [-0.4, -0.2) is 66.8 Å². The molecule has 0 amide bonds. The van der Waals surface area contributed by atoms with E-state index in [1.165, 1.54) is 42.5 Å². The molecular weight excluding hydrogens is 901 g/mol. The molecule has 0 saturated carbocycles. The Morgan fingerprint density at radius 3 is 1.62 bits per heavy atom. The van der Waals surface area contributed by atoms with Crippen molar-refractivity contribution in [3.8, 4) is 0 Å². The number of anilines is 2. The molecule has 1 aromatic heterocycles. The van der Waals surface area contributed by atoms with Crippen LogP contribution in [0.25, 0.3) is 10.8 Å². The van der Waals surface area contributed by atoms with E-state index in [1.807, 2.05) is 0 Å². The van der Waals surface area contributed by atoms with Crippen molar-refractivity contribution in [2.24, 2.45) is 20.5 Å². The smallest absolute Gasteiger partial charge is 0.295 e. The van der Waals surface area contributed by atoms with E-state index in [0.717, 1.165) is 30.3 Å². The zero-order valence-corrected chi connectivity index (χ0v) is 35.1. The number of rotatable bonds is 14. The molecule has 20 nitrogen and oxygen atoms in total. The number of fused-ring (bicyclic) bond motifs is 1. The molecule has 0 aliphatic rings. The van der Waals surface area contributed by atoms with Crippen molar-refractivity contribution < 1.29 is 51.9 Å². The highest BCUT2D eigenvalue weighted by Gasteiger charge is 2.22. The molecule has 0 saturated heterocycles. The van der Waals surface area contributed by atoms with Gasteiger partial charge in [-0.3, -0.25) is 18.2 Å². The lowest BCUT2D eigenvalue weighted by Crippen LogP contribution is -2.10. The number of hydrogen-bond donors (Lipinski definition) is 5. The summed E-state index contributed by atoms with van der Waals surface area (Å²) in [7, 11) is -19.0. The minimum atomic E-state index is -4.88. The first-order valence-corrected chi connectivity index (χ1v) is 23.6. The van der Waals surface area contributed by atoms with Crippen LogP contribution in [0.2, 0.25) is 0 Å². The molecule has 0 fully saturated rings. The number of benzene rings is 6. The second-order valence-corrected chi connectivity index (χ2v) is 19.0. The van der Waals surface area contributed by atoms with Gasteiger partial charge in [-0.25, -0.2) is 4.98 Å². The lowest BCUT2D eigenvalue weighted by atomic mass is 10.1. The van der Waals surface area contributed by atoms with Crippen LogP contribution in [0.4, 0.5) is 34.4 Å². The summed E-state index contributed by atoms with van der Waals surface area (Å²) in [6.07, 6.45) is -0.162. The molecule has 24 heteroatoms. The van der Waals surface area contributed by atoms with Crippen LogP contribution >= 0.6 is 0 Å². The van der Waals surface area contributed by atoms with Crippen molar-refractivity contribution in [2.45, 2.75) is 32.4 Å². The maximum atomic E-state index is 12.6. The highest BCUT2D eigenvalue weighted by molar-refractivity contribution is 7.86. The van der Waals surface area contributed by atoms with Gasteiger partial charge in [0.1, 0.15) is 21.4 Å². The summed E-state index contributed by atoms with van der Waals surface area (Å²) in [5.41, 5.74) is 1.79. The fourth-order valence-electron chi connectivity index (χ4n) is 6.08. The molecule has 63 heavy (non-hydrogen) atoms. The molecule has 322 valence electrons. The lowest BCUT2D eigenvalue weighted by molar-refractivity contribution is 0.480. The van der Waals surface area contributed by atoms with Crippen molar-refractivity contribution in [3.05, 3.63) is 150 Å². The Morgan fingerprint density at radius 2 is 1.00 bits per heavy atom. The number of nitrogens with one attached hydrogen (secondary N) is 1. The number of azo groups is 2. The van der Waals surface area contributed by atoms with Gasteiger partial charge in [-0.15, -0.1) is 0 Å². The van der Waals surface area contributed by atoms with Gasteiger partial charge in [0.05, 0.1) is 32.5 Å². The molecule has 7 rings (SSSR count). The van der Waals surface area contributed by atoms with Crippen LogP contribution in [0.5, 0.6) is 0 Å². The molecule has 5 N–H and O–H groups in total. The molecule has 0 radical (unpaired) electrons. The van der Waals surface area contributed by atoms with E-state index < -0.39 is 55.2 Å². The average molecular weight is 931 g/mol. The van der Waals surface area contributed by atoms with Gasteiger partial charge in [0.15, 0.2) is 0 Å². The highest BCUT2D eigenvalue weighted by atomic mass is 32.2. The van der Waals surface area contributed by atoms with Gasteiger partial charge in [-0.05, 0) is 90.0 Å². The summed E-state index contributed by atoms with van der Waals surface area (Å²) in [4.78, 5) is 11.4. The van der Waals surface area contributed by atoms with E-state index in [4.69, 9.17) is 0 Å². The zero-order chi connectivity index (χ0) is 45.2. The maximum absolute atomic E-state index is 12.6. The second-order valence-electron chi connectivity index (χ2n) is 13.4. The first-order valence-electron chi connectivity index (χ1n) is 17.9. The summed E-state index contributed by atoms with van der Waals surface area (Å²) in [5.74, 6) is 0.207. The van der Waals surface area contributed by atoms with E-state index in [1.54, 1.807) is 54.6 Å². The molecule has 0 aliphatic carbocycles. The SMILES string of the molecule is O=S(=O)(O)c1ccc(Nc2nc(Cc3ccc(N=Nc4cc(S(=O)(=O)O)c5cccc(S(=O)(=O)O)c5c4)cc3)nc(Cc3ccc(N=Nc4ccccc4)cc3S(=O)(=O)O)n2)cc1. The lowest BCUT2D eigenvalue weighted by Gasteiger charge is -2.11. The van der Waals surface area contributed by atoms with Gasteiger partial charge in [-0.2, -0.15) is 64.1 Å². The van der Waals surface area contributed by atoms with Crippen LogP contribution in [0, 0.1) is 0 Å². The Bertz CT molecular complexity index is 3410. The molecule has 6 aromatic carbocycles. The number of nitrogens with zero attached hydrogens (tertiary/aromatic N) is 7. The summed E-state index contributed by atoms with van der Waals surface area (Å²) >= 11 is 0. The van der Waals surface area contributed by atoms with E-state index in [0.29, 0.717) is 16.9 Å². The Labute approximate surface area is 359 Å². The number of hydrogen-bond acceptors (Lipinski definition) is 16. The van der Waals surface area contributed by atoms with Crippen molar-refractivity contribution in [2.75, 3.05) is 5.32 Å². The third-order valence-corrected chi connectivity index (χ3v) is 12.5. The first-order chi connectivity index (χ1) is 29.7. The van der Waals surface area contributed by atoms with Crippen molar-refractivity contribution in [3.63, 3.8) is 0 Å². The van der Waals surface area contributed by atoms with Gasteiger partial charge < -0.3 is 5.32 Å². The highest BCUT2D eigenvalue weighted by Crippen LogP contribution is 2.34. The van der Waals surface area contributed by atoms with Gasteiger partial charge >= 0.3 is 0 Å². The Kier molecular flexibility index (Phi) is 12.3. The maximum Gasteiger partial charge on any atom is 0.295 e. The third-order valence-electron chi connectivity index (χ3n) is 8.89. The van der Waals surface area contributed by atoms with Crippen LogP contribution in [0.15, 0.2) is 167 Å². The monoisotopic (exact) mass is 930 g/mol. The van der Waals surface area contributed by atoms with E-state index in [9.17, 15) is 51.9 Å². The third kappa shape index (κ3) is 11.2. The van der Waals surface area contributed by atoms with Gasteiger partial charge in [0.2, 0.25) is 5.95 Å². The van der Waals surface area contributed by atoms with Crippen LogP contribution < -0.4 is 5.32 Å². The Hall–Kier alpha value is -6.77. The topological polar surface area (TPSA) is 318 Å². The largest absolute Gasteiger partial charge is 0.324 e. The fourth-order valence-corrected chi connectivity index (χ4v) is 8.72.